The van der Waals surface area contributed by atoms with Gasteiger partial charge in [-0.1, -0.05) is 47.5 Å². The highest BCUT2D eigenvalue weighted by molar-refractivity contribution is 9.10. The van der Waals surface area contributed by atoms with E-state index >= 15 is 0 Å². The molecule has 33 heavy (non-hydrogen) atoms. The molecule has 0 spiro atoms. The summed E-state index contributed by atoms with van der Waals surface area (Å²) in [6.45, 7) is 0.209. The normalized spacial score (nSPS) is 14.8. The summed E-state index contributed by atoms with van der Waals surface area (Å²) in [5.74, 6) is 0.574. The van der Waals surface area contributed by atoms with Gasteiger partial charge in [0.15, 0.2) is 11.5 Å². The van der Waals surface area contributed by atoms with Crippen LogP contribution in [-0.2, 0) is 11.4 Å². The number of halogens is 3. The van der Waals surface area contributed by atoms with E-state index < -0.39 is 0 Å². The Labute approximate surface area is 213 Å². The van der Waals surface area contributed by atoms with Gasteiger partial charge in [0.05, 0.1) is 22.2 Å². The van der Waals surface area contributed by atoms with Gasteiger partial charge in [0.25, 0.3) is 11.1 Å². The summed E-state index contributed by atoms with van der Waals surface area (Å²) >= 11 is 16.6. The van der Waals surface area contributed by atoms with Crippen molar-refractivity contribution in [2.45, 2.75) is 6.61 Å². The van der Waals surface area contributed by atoms with Crippen LogP contribution in [0.5, 0.6) is 11.5 Å². The number of amides is 2. The maximum atomic E-state index is 12.9. The number of para-hydroxylation sites is 1. The number of hydrogen-bond acceptors (Lipinski definition) is 5. The Morgan fingerprint density at radius 3 is 2.52 bits per heavy atom. The zero-order chi connectivity index (χ0) is 23.5. The molecule has 0 aliphatic carbocycles. The molecule has 1 heterocycles. The Bertz CT molecular complexity index is 1270. The Hall–Kier alpha value is -2.45. The van der Waals surface area contributed by atoms with E-state index in [1.165, 1.54) is 7.11 Å². The maximum absolute atomic E-state index is 12.9. The maximum Gasteiger partial charge on any atom is 0.298 e. The molecule has 0 N–H and O–H groups in total. The van der Waals surface area contributed by atoms with Crippen LogP contribution in [0.4, 0.5) is 10.5 Å². The number of imide groups is 1. The van der Waals surface area contributed by atoms with Crippen molar-refractivity contribution < 1.29 is 19.1 Å². The summed E-state index contributed by atoms with van der Waals surface area (Å²) in [5, 5.41) is 0.704. The molecule has 1 aliphatic heterocycles. The molecule has 0 saturated carbocycles. The Kier molecular flexibility index (Phi) is 7.34. The quantitative estimate of drug-likeness (QED) is 0.289. The van der Waals surface area contributed by atoms with Crippen LogP contribution in [0, 0.1) is 0 Å². The summed E-state index contributed by atoms with van der Waals surface area (Å²) in [6, 6.07) is 17.5. The van der Waals surface area contributed by atoms with Crippen LogP contribution in [0.25, 0.3) is 6.08 Å². The second-order valence-electron chi connectivity index (χ2n) is 6.91. The lowest BCUT2D eigenvalue weighted by Crippen LogP contribution is -2.27. The molecule has 2 amide bonds. The zero-order valence-corrected chi connectivity index (χ0v) is 21.1. The second-order valence-corrected chi connectivity index (χ2v) is 9.60. The third-order valence-corrected chi connectivity index (χ3v) is 6.79. The number of ether oxygens (including phenoxy) is 2. The fourth-order valence-electron chi connectivity index (χ4n) is 3.17. The first-order chi connectivity index (χ1) is 15.9. The van der Waals surface area contributed by atoms with Crippen LogP contribution in [0.2, 0.25) is 10.0 Å². The highest BCUT2D eigenvalue weighted by Crippen LogP contribution is 2.40. The average Bonchev–Trinajstić information content (AvgIpc) is 3.07. The SMILES string of the molecule is COc1cc(/C=C2/SC(=O)N(c3ccccc3)C2=O)cc(Br)c1OCc1ccc(Cl)cc1Cl. The molecule has 3 aromatic rings. The zero-order valence-electron chi connectivity index (χ0n) is 17.2. The van der Waals surface area contributed by atoms with Gasteiger partial charge in [-0.3, -0.25) is 9.59 Å². The summed E-state index contributed by atoms with van der Waals surface area (Å²) in [6.07, 6.45) is 1.65. The van der Waals surface area contributed by atoms with Crippen molar-refractivity contribution in [1.29, 1.82) is 0 Å². The minimum Gasteiger partial charge on any atom is -0.493 e. The lowest BCUT2D eigenvalue weighted by molar-refractivity contribution is -0.113. The minimum absolute atomic E-state index is 0.209. The van der Waals surface area contributed by atoms with Gasteiger partial charge >= 0.3 is 0 Å². The molecule has 5 nitrogen and oxygen atoms in total. The predicted molar refractivity (Wildman–Crippen MR) is 136 cm³/mol. The number of methoxy groups -OCH3 is 1. The topological polar surface area (TPSA) is 55.8 Å². The summed E-state index contributed by atoms with van der Waals surface area (Å²) in [4.78, 5) is 26.8. The number of nitrogens with zero attached hydrogens (tertiary/aromatic N) is 1. The fourth-order valence-corrected chi connectivity index (χ4v) is 5.05. The van der Waals surface area contributed by atoms with Gasteiger partial charge in [-0.25, -0.2) is 4.90 Å². The van der Waals surface area contributed by atoms with Gasteiger partial charge < -0.3 is 9.47 Å². The van der Waals surface area contributed by atoms with Gasteiger partial charge in [0, 0.05) is 15.6 Å². The van der Waals surface area contributed by atoms with Crippen LogP contribution in [0.15, 0.2) is 70.0 Å². The van der Waals surface area contributed by atoms with E-state index in [9.17, 15) is 9.59 Å². The molecule has 0 atom stereocenters. The van der Waals surface area contributed by atoms with E-state index in [0.717, 1.165) is 22.2 Å². The number of thioether (sulfide) groups is 1. The highest BCUT2D eigenvalue weighted by Gasteiger charge is 2.36. The van der Waals surface area contributed by atoms with Crippen molar-refractivity contribution in [3.05, 3.63) is 91.2 Å². The van der Waals surface area contributed by atoms with Crippen LogP contribution >= 0.6 is 50.9 Å². The molecule has 1 aliphatic rings. The van der Waals surface area contributed by atoms with E-state index in [1.807, 2.05) is 6.07 Å². The number of carbonyl (C=O) groups excluding carboxylic acids is 2. The Balaban J connectivity index is 1.58. The first kappa shape index (κ1) is 23.7. The summed E-state index contributed by atoms with van der Waals surface area (Å²) in [7, 11) is 1.52. The van der Waals surface area contributed by atoms with Crippen molar-refractivity contribution >= 4 is 73.8 Å². The van der Waals surface area contributed by atoms with Gasteiger partial charge in [-0.2, -0.15) is 0 Å². The number of benzene rings is 3. The predicted octanol–water partition coefficient (Wildman–Crippen LogP) is 7.58. The first-order valence-electron chi connectivity index (χ1n) is 9.64. The molecule has 0 radical (unpaired) electrons. The average molecular weight is 565 g/mol. The molecule has 168 valence electrons. The molecule has 4 rings (SSSR count). The molecule has 9 heteroatoms. The lowest BCUT2D eigenvalue weighted by atomic mass is 10.1. The van der Waals surface area contributed by atoms with E-state index in [-0.39, 0.29) is 17.8 Å². The Morgan fingerprint density at radius 1 is 1.06 bits per heavy atom. The monoisotopic (exact) mass is 563 g/mol. The number of anilines is 1. The van der Waals surface area contributed by atoms with E-state index in [4.69, 9.17) is 32.7 Å². The van der Waals surface area contributed by atoms with Gasteiger partial charge in [-0.05, 0) is 75.7 Å². The van der Waals surface area contributed by atoms with Crippen LogP contribution in [0.3, 0.4) is 0 Å². The standard InChI is InChI=1S/C24H16BrCl2NO4S/c1-31-20-10-14(9-18(25)22(20)32-13-15-7-8-16(26)12-19(15)27)11-21-23(29)28(24(30)33-21)17-5-3-2-4-6-17/h2-12H,13H2,1H3/b21-11+. The number of carbonyl (C=O) groups is 2. The second kappa shape index (κ2) is 10.2. The first-order valence-corrected chi connectivity index (χ1v) is 12.0. The molecule has 0 bridgehead atoms. The van der Waals surface area contributed by atoms with Crippen molar-refractivity contribution in [2.75, 3.05) is 12.0 Å². The molecule has 3 aromatic carbocycles. The van der Waals surface area contributed by atoms with E-state index in [1.54, 1.807) is 60.7 Å². The summed E-state index contributed by atoms with van der Waals surface area (Å²) in [5.41, 5.74) is 1.98. The van der Waals surface area contributed by atoms with Gasteiger partial charge in [0.1, 0.15) is 6.61 Å². The number of rotatable bonds is 6. The molecule has 1 saturated heterocycles. The van der Waals surface area contributed by atoms with Gasteiger partial charge in [-0.15, -0.1) is 0 Å². The van der Waals surface area contributed by atoms with Crippen LogP contribution < -0.4 is 14.4 Å². The largest absolute Gasteiger partial charge is 0.493 e. The number of hydrogen-bond donors (Lipinski definition) is 0. The third kappa shape index (κ3) is 5.22. The molecular weight excluding hydrogens is 549 g/mol. The Morgan fingerprint density at radius 2 is 1.82 bits per heavy atom. The molecule has 1 fully saturated rings. The van der Waals surface area contributed by atoms with E-state index in [0.29, 0.717) is 42.2 Å². The fraction of sp³-hybridized carbons (Fsp3) is 0.0833. The highest BCUT2D eigenvalue weighted by atomic mass is 79.9. The van der Waals surface area contributed by atoms with Crippen molar-refractivity contribution in [2.24, 2.45) is 0 Å². The van der Waals surface area contributed by atoms with Crippen molar-refractivity contribution in [3.63, 3.8) is 0 Å². The van der Waals surface area contributed by atoms with Crippen molar-refractivity contribution in [1.82, 2.24) is 0 Å². The summed E-state index contributed by atoms with van der Waals surface area (Å²) < 4.78 is 12.1. The molecular formula is C24H16BrCl2NO4S. The van der Waals surface area contributed by atoms with Crippen LogP contribution in [-0.4, -0.2) is 18.3 Å². The van der Waals surface area contributed by atoms with E-state index in [2.05, 4.69) is 15.9 Å². The molecule has 0 unspecified atom stereocenters. The minimum atomic E-state index is -0.371. The molecule has 0 aromatic heterocycles. The third-order valence-electron chi connectivity index (χ3n) is 4.74. The lowest BCUT2D eigenvalue weighted by Gasteiger charge is -2.14. The van der Waals surface area contributed by atoms with Crippen LogP contribution in [0.1, 0.15) is 11.1 Å². The smallest absolute Gasteiger partial charge is 0.298 e. The van der Waals surface area contributed by atoms with Crippen molar-refractivity contribution in [3.8, 4) is 11.5 Å². The van der Waals surface area contributed by atoms with Gasteiger partial charge in [0.2, 0.25) is 0 Å².